The van der Waals surface area contributed by atoms with E-state index in [-0.39, 0.29) is 41.9 Å². The Bertz CT molecular complexity index is 1840. The van der Waals surface area contributed by atoms with Crippen molar-refractivity contribution >= 4 is 62.9 Å². The van der Waals surface area contributed by atoms with E-state index >= 15 is 0 Å². The number of aliphatic carboxylic acids is 1. The number of hydrogen-bond acceptors (Lipinski definition) is 11. The predicted octanol–water partition coefficient (Wildman–Crippen LogP) is 3.63. The van der Waals surface area contributed by atoms with Crippen LogP contribution in [-0.4, -0.2) is 61.1 Å². The van der Waals surface area contributed by atoms with Crippen LogP contribution in [0.4, 0.5) is 0 Å². The van der Waals surface area contributed by atoms with E-state index in [1.165, 1.54) is 17.7 Å². The minimum absolute atomic E-state index is 0.110. The van der Waals surface area contributed by atoms with Gasteiger partial charge in [-0.25, -0.2) is 19.4 Å². The van der Waals surface area contributed by atoms with Gasteiger partial charge in [-0.1, -0.05) is 29.0 Å². The quantitative estimate of drug-likeness (QED) is 0.275. The molecule has 0 radical (unpaired) electrons. The van der Waals surface area contributed by atoms with Crippen LogP contribution in [-0.2, 0) is 23.9 Å². The molecule has 0 saturated carbocycles. The monoisotopic (exact) mass is 722 g/mol. The molecule has 0 saturated heterocycles. The minimum Gasteiger partial charge on any atom is -0.490 e. The number of methoxy groups -OCH3 is 1. The molecule has 0 amide bonds. The third-order valence-corrected chi connectivity index (χ3v) is 8.18. The number of carbonyl (C=O) groups is 3. The van der Waals surface area contributed by atoms with Crippen LogP contribution in [0.25, 0.3) is 6.08 Å². The van der Waals surface area contributed by atoms with E-state index in [1.807, 2.05) is 0 Å². The summed E-state index contributed by atoms with van der Waals surface area (Å²) in [5.41, 5.74) is 1.16. The van der Waals surface area contributed by atoms with Crippen LogP contribution < -0.4 is 29.1 Å². The van der Waals surface area contributed by atoms with Crippen LogP contribution >= 0.6 is 38.9 Å². The van der Waals surface area contributed by atoms with E-state index in [0.717, 1.165) is 11.3 Å². The molecule has 2 aromatic carbocycles. The zero-order chi connectivity index (χ0) is 32.8. The lowest BCUT2D eigenvalue weighted by molar-refractivity contribution is -0.143. The number of aromatic nitrogens is 1. The van der Waals surface area contributed by atoms with Gasteiger partial charge in [-0.2, -0.15) is 0 Å². The lowest BCUT2D eigenvalue weighted by atomic mass is 9.95. The van der Waals surface area contributed by atoms with Crippen molar-refractivity contribution in [3.05, 3.63) is 81.9 Å². The standard InChI is InChI=1S/C30H28BrClN2O10S/c1-5-41-21-12-17(7-8-20(21)43-14-24(37)40-4)26-25(29(39)42-6-2)15(3)33-30-34(26)28(38)22(45-30)11-16-9-18(31)27(19(32)10-16)44-13-23(35)36/h7-12,26H,5-6,13-14H2,1-4H3,(H,35,36)/b22-11-/t26-/m0/s1. The number of benzene rings is 2. The summed E-state index contributed by atoms with van der Waals surface area (Å²) in [5, 5.41) is 9.07. The highest BCUT2D eigenvalue weighted by Gasteiger charge is 2.34. The molecule has 1 N–H and O–H groups in total. The van der Waals surface area contributed by atoms with Crippen LogP contribution in [0.2, 0.25) is 5.02 Å². The molecule has 0 aliphatic carbocycles. The van der Waals surface area contributed by atoms with Gasteiger partial charge in [-0.15, -0.1) is 0 Å². The van der Waals surface area contributed by atoms with Crippen LogP contribution in [0.1, 0.15) is 37.9 Å². The fraction of sp³-hybridized carbons (Fsp3) is 0.300. The van der Waals surface area contributed by atoms with Crippen molar-refractivity contribution in [1.82, 2.24) is 4.57 Å². The second-order valence-corrected chi connectivity index (χ2v) is 11.6. The zero-order valence-electron chi connectivity index (χ0n) is 24.5. The molecule has 0 spiro atoms. The minimum atomic E-state index is -1.16. The summed E-state index contributed by atoms with van der Waals surface area (Å²) < 4.78 is 28.7. The summed E-state index contributed by atoms with van der Waals surface area (Å²) >= 11 is 10.8. The van der Waals surface area contributed by atoms with Gasteiger partial charge in [0.2, 0.25) is 0 Å². The number of fused-ring (bicyclic) bond motifs is 1. The van der Waals surface area contributed by atoms with Crippen molar-refractivity contribution in [1.29, 1.82) is 0 Å². The van der Waals surface area contributed by atoms with Crippen molar-refractivity contribution < 1.29 is 43.2 Å². The van der Waals surface area contributed by atoms with Gasteiger partial charge in [0.15, 0.2) is 35.3 Å². The molecule has 1 aliphatic heterocycles. The third kappa shape index (κ3) is 7.57. The van der Waals surface area contributed by atoms with E-state index in [9.17, 15) is 19.2 Å². The van der Waals surface area contributed by atoms with Crippen molar-refractivity contribution in [3.63, 3.8) is 0 Å². The summed E-state index contributed by atoms with van der Waals surface area (Å²) in [6.45, 7) is 4.59. The van der Waals surface area contributed by atoms with Gasteiger partial charge in [-0.3, -0.25) is 9.36 Å². The van der Waals surface area contributed by atoms with Crippen LogP contribution in [0.5, 0.6) is 17.2 Å². The van der Waals surface area contributed by atoms with Gasteiger partial charge >= 0.3 is 17.9 Å². The highest BCUT2D eigenvalue weighted by atomic mass is 79.9. The first-order chi connectivity index (χ1) is 21.5. The van der Waals surface area contributed by atoms with Gasteiger partial charge in [0.1, 0.15) is 0 Å². The smallest absolute Gasteiger partial charge is 0.343 e. The first-order valence-electron chi connectivity index (χ1n) is 13.5. The second-order valence-electron chi connectivity index (χ2n) is 9.30. The predicted molar refractivity (Wildman–Crippen MR) is 168 cm³/mol. The summed E-state index contributed by atoms with van der Waals surface area (Å²) in [6.07, 6.45) is 1.61. The average molecular weight is 724 g/mol. The number of halogens is 2. The number of thiazole rings is 1. The molecule has 0 unspecified atom stereocenters. The second kappa shape index (κ2) is 14.8. The number of nitrogens with zero attached hydrogens (tertiary/aromatic N) is 2. The van der Waals surface area contributed by atoms with Gasteiger partial charge in [0.05, 0.1) is 51.7 Å². The number of carbonyl (C=O) groups excluding carboxylic acids is 2. The van der Waals surface area contributed by atoms with Crippen molar-refractivity contribution in [3.8, 4) is 17.2 Å². The molecule has 15 heteroatoms. The van der Waals surface area contributed by atoms with Crippen LogP contribution in [0, 0.1) is 0 Å². The van der Waals surface area contributed by atoms with E-state index < -0.39 is 36.1 Å². The number of carboxylic acid groups (broad SMARTS) is 1. The molecular weight excluding hydrogens is 696 g/mol. The molecule has 1 aliphatic rings. The van der Waals surface area contributed by atoms with Crippen LogP contribution in [0.3, 0.4) is 0 Å². The maximum atomic E-state index is 14.0. The average Bonchev–Trinajstić information content (AvgIpc) is 3.28. The highest BCUT2D eigenvalue weighted by molar-refractivity contribution is 9.10. The van der Waals surface area contributed by atoms with E-state index in [2.05, 4.69) is 25.7 Å². The number of allylic oxidation sites excluding steroid dienone is 1. The molecule has 0 bridgehead atoms. The maximum Gasteiger partial charge on any atom is 0.343 e. The Hall–Kier alpha value is -4.14. The summed E-state index contributed by atoms with van der Waals surface area (Å²) in [6, 6.07) is 7.14. The molecule has 12 nitrogen and oxygen atoms in total. The van der Waals surface area contributed by atoms with E-state index in [4.69, 9.17) is 35.7 Å². The molecule has 4 rings (SSSR count). The fourth-order valence-electron chi connectivity index (χ4n) is 4.47. The Morgan fingerprint density at radius 1 is 1.09 bits per heavy atom. The first-order valence-corrected chi connectivity index (χ1v) is 15.5. The lowest BCUT2D eigenvalue weighted by Gasteiger charge is -2.25. The molecule has 238 valence electrons. The van der Waals surface area contributed by atoms with Gasteiger partial charge in [-0.05, 0) is 78.2 Å². The fourth-order valence-corrected chi connectivity index (χ4v) is 6.51. The molecule has 45 heavy (non-hydrogen) atoms. The SMILES string of the molecule is CCOC(=O)C1=C(C)N=c2s/c(=C\c3cc(Cl)c(OCC(=O)O)c(Br)c3)c(=O)n2[C@H]1c1ccc(OCC(=O)OC)c(OCC)c1. The number of rotatable bonds is 12. The zero-order valence-corrected chi connectivity index (χ0v) is 27.7. The number of ether oxygens (including phenoxy) is 5. The molecule has 0 fully saturated rings. The molecule has 1 aromatic heterocycles. The normalized spacial score (nSPS) is 14.4. The van der Waals surface area contributed by atoms with Crippen molar-refractivity contribution in [2.45, 2.75) is 26.8 Å². The third-order valence-electron chi connectivity index (χ3n) is 6.33. The largest absolute Gasteiger partial charge is 0.490 e. The summed E-state index contributed by atoms with van der Waals surface area (Å²) in [5.74, 6) is -1.65. The Kier molecular flexibility index (Phi) is 11.1. The Labute approximate surface area is 274 Å². The van der Waals surface area contributed by atoms with Crippen molar-refractivity contribution in [2.24, 2.45) is 4.99 Å². The number of carboxylic acids is 1. The Morgan fingerprint density at radius 3 is 2.49 bits per heavy atom. The van der Waals surface area contributed by atoms with E-state index in [0.29, 0.717) is 36.4 Å². The van der Waals surface area contributed by atoms with Gasteiger partial charge in [0, 0.05) is 0 Å². The number of hydrogen-bond donors (Lipinski definition) is 1. The van der Waals surface area contributed by atoms with Gasteiger partial charge < -0.3 is 28.8 Å². The Balaban J connectivity index is 1.87. The highest BCUT2D eigenvalue weighted by Crippen LogP contribution is 2.37. The molecule has 3 aromatic rings. The van der Waals surface area contributed by atoms with Gasteiger partial charge in [0.25, 0.3) is 5.56 Å². The summed E-state index contributed by atoms with van der Waals surface area (Å²) in [4.78, 5) is 54.8. The van der Waals surface area contributed by atoms with E-state index in [1.54, 1.807) is 51.1 Å². The Morgan fingerprint density at radius 2 is 1.84 bits per heavy atom. The first kappa shape index (κ1) is 33.7. The summed E-state index contributed by atoms with van der Waals surface area (Å²) in [7, 11) is 1.25. The lowest BCUT2D eigenvalue weighted by Crippen LogP contribution is -2.40. The topological polar surface area (TPSA) is 152 Å². The molecule has 1 atom stereocenters. The van der Waals surface area contributed by atoms with Crippen LogP contribution in [0.15, 0.2) is 55.9 Å². The molecular formula is C30H28BrClN2O10S. The number of esters is 2. The van der Waals surface area contributed by atoms with Crippen molar-refractivity contribution in [2.75, 3.05) is 33.5 Å². The molecule has 2 heterocycles. The maximum absolute atomic E-state index is 14.0.